The molecule has 3 aromatic carbocycles. The lowest BCUT2D eigenvalue weighted by molar-refractivity contribution is 0.102. The van der Waals surface area contributed by atoms with E-state index in [0.717, 1.165) is 11.1 Å². The molecule has 8 heteroatoms. The largest absolute Gasteiger partial charge is 0.489 e. The third kappa shape index (κ3) is 4.97. The summed E-state index contributed by atoms with van der Waals surface area (Å²) in [6, 6.07) is 21.7. The van der Waals surface area contributed by atoms with Crippen LogP contribution in [0.3, 0.4) is 0 Å². The highest BCUT2D eigenvalue weighted by Gasteiger charge is 2.12. The van der Waals surface area contributed by atoms with Gasteiger partial charge in [0.25, 0.3) is 5.91 Å². The zero-order valence-corrected chi connectivity index (χ0v) is 17.8. The van der Waals surface area contributed by atoms with Crippen molar-refractivity contribution in [2.24, 2.45) is 0 Å². The first kappa shape index (κ1) is 20.3. The van der Waals surface area contributed by atoms with E-state index in [9.17, 15) is 4.79 Å². The van der Waals surface area contributed by atoms with Crippen molar-refractivity contribution in [3.63, 3.8) is 0 Å². The van der Waals surface area contributed by atoms with E-state index in [1.165, 1.54) is 11.3 Å². The van der Waals surface area contributed by atoms with Gasteiger partial charge in [-0.3, -0.25) is 10.1 Å². The summed E-state index contributed by atoms with van der Waals surface area (Å²) in [7, 11) is 0. The molecule has 150 valence electrons. The van der Waals surface area contributed by atoms with Crippen LogP contribution in [0.5, 0.6) is 5.75 Å². The molecule has 30 heavy (non-hydrogen) atoms. The monoisotopic (exact) mass is 455 g/mol. The highest BCUT2D eigenvalue weighted by molar-refractivity contribution is 7.18. The average Bonchev–Trinajstić information content (AvgIpc) is 3.22. The van der Waals surface area contributed by atoms with Crippen LogP contribution < -0.4 is 10.1 Å². The predicted octanol–water partition coefficient (Wildman–Crippen LogP) is 6.34. The fraction of sp³-hybridized carbons (Fsp3) is 0.0455. The van der Waals surface area contributed by atoms with E-state index in [1.807, 2.05) is 36.4 Å². The number of ether oxygens (including phenoxy) is 1. The Morgan fingerprint density at radius 1 is 0.933 bits per heavy atom. The number of rotatable bonds is 6. The first-order chi connectivity index (χ1) is 14.6. The first-order valence-corrected chi connectivity index (χ1v) is 10.5. The molecule has 5 nitrogen and oxygen atoms in total. The Morgan fingerprint density at radius 3 is 2.40 bits per heavy atom. The molecule has 0 unspecified atom stereocenters. The second kappa shape index (κ2) is 9.26. The van der Waals surface area contributed by atoms with Gasteiger partial charge in [-0.1, -0.05) is 64.9 Å². The number of nitrogens with zero attached hydrogens (tertiary/aromatic N) is 2. The van der Waals surface area contributed by atoms with Gasteiger partial charge in [-0.2, -0.15) is 0 Å². The van der Waals surface area contributed by atoms with E-state index >= 15 is 0 Å². The van der Waals surface area contributed by atoms with Gasteiger partial charge in [0.15, 0.2) is 0 Å². The standard InChI is InChI=1S/C22H15Cl2N3O2S/c23-17-9-5-15(6-10-17)21-26-27-22(30-21)25-20(28)14-7-11-18(12-8-14)29-13-16-3-1-2-4-19(16)24/h1-12H,13H2,(H,25,27,28). The number of anilines is 1. The zero-order chi connectivity index (χ0) is 20.9. The SMILES string of the molecule is O=C(Nc1nnc(-c2ccc(Cl)cc2)s1)c1ccc(OCc2ccccc2Cl)cc1. The molecule has 0 saturated heterocycles. The molecule has 1 N–H and O–H groups in total. The van der Waals surface area contributed by atoms with Gasteiger partial charge < -0.3 is 4.74 Å². The van der Waals surface area contributed by atoms with Crippen LogP contribution in [0.15, 0.2) is 72.8 Å². The Balaban J connectivity index is 1.37. The Hall–Kier alpha value is -2.93. The van der Waals surface area contributed by atoms with Crippen molar-refractivity contribution >= 4 is 45.6 Å². The molecule has 0 bridgehead atoms. The predicted molar refractivity (Wildman–Crippen MR) is 121 cm³/mol. The van der Waals surface area contributed by atoms with Gasteiger partial charge in [0.2, 0.25) is 5.13 Å². The molecule has 1 heterocycles. The molecule has 0 aliphatic carbocycles. The third-order valence-corrected chi connectivity index (χ3v) is 5.71. The minimum atomic E-state index is -0.272. The summed E-state index contributed by atoms with van der Waals surface area (Å²) in [5, 5.41) is 13.3. The third-order valence-electron chi connectivity index (χ3n) is 4.21. The second-order valence-corrected chi connectivity index (χ2v) is 8.10. The molecule has 0 radical (unpaired) electrons. The summed E-state index contributed by atoms with van der Waals surface area (Å²) >= 11 is 13.3. The average molecular weight is 456 g/mol. The summed E-state index contributed by atoms with van der Waals surface area (Å²) in [4.78, 5) is 12.5. The van der Waals surface area contributed by atoms with Crippen molar-refractivity contribution in [3.8, 4) is 16.3 Å². The molecule has 0 spiro atoms. The van der Waals surface area contributed by atoms with E-state index in [-0.39, 0.29) is 5.91 Å². The highest BCUT2D eigenvalue weighted by atomic mass is 35.5. The van der Waals surface area contributed by atoms with Crippen molar-refractivity contribution < 1.29 is 9.53 Å². The van der Waals surface area contributed by atoms with Crippen LogP contribution >= 0.6 is 34.5 Å². The van der Waals surface area contributed by atoms with Crippen LogP contribution in [0, 0.1) is 0 Å². The van der Waals surface area contributed by atoms with Gasteiger partial charge in [-0.25, -0.2) is 0 Å². The summed E-state index contributed by atoms with van der Waals surface area (Å²) in [6.45, 7) is 0.351. The number of hydrogen-bond acceptors (Lipinski definition) is 5. The minimum absolute atomic E-state index is 0.272. The van der Waals surface area contributed by atoms with E-state index < -0.39 is 0 Å². The maximum absolute atomic E-state index is 12.5. The van der Waals surface area contributed by atoms with Crippen LogP contribution in [0.1, 0.15) is 15.9 Å². The van der Waals surface area contributed by atoms with Gasteiger partial charge in [0.1, 0.15) is 17.4 Å². The summed E-state index contributed by atoms with van der Waals surface area (Å²) < 4.78 is 5.74. The topological polar surface area (TPSA) is 64.1 Å². The first-order valence-electron chi connectivity index (χ1n) is 8.95. The van der Waals surface area contributed by atoms with Gasteiger partial charge in [-0.05, 0) is 42.5 Å². The lowest BCUT2D eigenvalue weighted by atomic mass is 10.2. The molecule has 0 aliphatic heterocycles. The summed E-state index contributed by atoms with van der Waals surface area (Å²) in [5.74, 6) is 0.374. The fourth-order valence-electron chi connectivity index (χ4n) is 2.63. The molecule has 0 saturated carbocycles. The van der Waals surface area contributed by atoms with Gasteiger partial charge in [-0.15, -0.1) is 10.2 Å². The molecule has 4 rings (SSSR count). The van der Waals surface area contributed by atoms with Gasteiger partial charge in [0.05, 0.1) is 0 Å². The number of carbonyl (C=O) groups is 1. The fourth-order valence-corrected chi connectivity index (χ4v) is 3.69. The Kier molecular flexibility index (Phi) is 6.28. The highest BCUT2D eigenvalue weighted by Crippen LogP contribution is 2.27. The van der Waals surface area contributed by atoms with Crippen LogP contribution in [-0.4, -0.2) is 16.1 Å². The normalized spacial score (nSPS) is 10.6. The summed E-state index contributed by atoms with van der Waals surface area (Å²) in [6.07, 6.45) is 0. The van der Waals surface area contributed by atoms with Crippen LogP contribution in [0.2, 0.25) is 10.0 Å². The van der Waals surface area contributed by atoms with E-state index in [1.54, 1.807) is 36.4 Å². The van der Waals surface area contributed by atoms with Crippen LogP contribution in [-0.2, 0) is 6.61 Å². The van der Waals surface area contributed by atoms with E-state index in [2.05, 4.69) is 15.5 Å². The number of halogens is 2. The van der Waals surface area contributed by atoms with E-state index in [4.69, 9.17) is 27.9 Å². The van der Waals surface area contributed by atoms with Gasteiger partial charge >= 0.3 is 0 Å². The minimum Gasteiger partial charge on any atom is -0.489 e. The Labute approximate surface area is 187 Å². The number of carbonyl (C=O) groups excluding carboxylic acids is 1. The molecule has 0 fully saturated rings. The molecule has 0 aliphatic rings. The lowest BCUT2D eigenvalue weighted by Gasteiger charge is -2.08. The van der Waals surface area contributed by atoms with Crippen molar-refractivity contribution in [2.45, 2.75) is 6.61 Å². The smallest absolute Gasteiger partial charge is 0.257 e. The second-order valence-electron chi connectivity index (χ2n) is 6.28. The molecular formula is C22H15Cl2N3O2S. The summed E-state index contributed by atoms with van der Waals surface area (Å²) in [5.41, 5.74) is 2.27. The number of hydrogen-bond donors (Lipinski definition) is 1. The molecule has 1 amide bonds. The molecule has 4 aromatic rings. The van der Waals surface area contributed by atoms with Crippen molar-refractivity contribution in [2.75, 3.05) is 5.32 Å². The molecule has 1 aromatic heterocycles. The van der Waals surface area contributed by atoms with E-state index in [0.29, 0.717) is 38.1 Å². The maximum atomic E-state index is 12.5. The number of aromatic nitrogens is 2. The number of nitrogens with one attached hydrogen (secondary N) is 1. The van der Waals surface area contributed by atoms with Crippen LogP contribution in [0.4, 0.5) is 5.13 Å². The number of amides is 1. The van der Waals surface area contributed by atoms with Crippen LogP contribution in [0.25, 0.3) is 10.6 Å². The Bertz CT molecular complexity index is 1160. The lowest BCUT2D eigenvalue weighted by Crippen LogP contribution is -2.11. The number of benzene rings is 3. The van der Waals surface area contributed by atoms with Crippen molar-refractivity contribution in [3.05, 3.63) is 94.0 Å². The molecular weight excluding hydrogens is 441 g/mol. The van der Waals surface area contributed by atoms with Crippen molar-refractivity contribution in [1.82, 2.24) is 10.2 Å². The molecule has 0 atom stereocenters. The van der Waals surface area contributed by atoms with Crippen molar-refractivity contribution in [1.29, 1.82) is 0 Å². The quantitative estimate of drug-likeness (QED) is 0.368. The Morgan fingerprint density at radius 2 is 1.67 bits per heavy atom. The van der Waals surface area contributed by atoms with Gasteiger partial charge in [0, 0.05) is 26.7 Å². The maximum Gasteiger partial charge on any atom is 0.257 e. The zero-order valence-electron chi connectivity index (χ0n) is 15.5.